The normalized spacial score (nSPS) is 10.6. The highest BCUT2D eigenvalue weighted by Crippen LogP contribution is 2.26. The molecule has 8 nitrogen and oxygen atoms in total. The van der Waals surface area contributed by atoms with Crippen LogP contribution < -0.4 is 16.0 Å². The molecule has 2 aromatic heterocycles. The highest BCUT2D eigenvalue weighted by atomic mass is 16.5. The molecule has 0 fully saturated rings. The van der Waals surface area contributed by atoms with Gasteiger partial charge in [0.25, 0.3) is 0 Å². The van der Waals surface area contributed by atoms with Crippen molar-refractivity contribution in [3.63, 3.8) is 0 Å². The lowest BCUT2D eigenvalue weighted by Crippen LogP contribution is -2.11. The van der Waals surface area contributed by atoms with Gasteiger partial charge < -0.3 is 4.74 Å². The Morgan fingerprint density at radius 2 is 2.11 bits per heavy atom. The van der Waals surface area contributed by atoms with Gasteiger partial charge in [-0.1, -0.05) is 12.1 Å². The first kappa shape index (κ1) is 11.4. The van der Waals surface area contributed by atoms with Gasteiger partial charge in [-0.2, -0.15) is 9.97 Å². The fourth-order valence-electron chi connectivity index (χ4n) is 1.64. The Kier molecular flexibility index (Phi) is 2.69. The molecule has 0 spiro atoms. The number of hydrogen-bond acceptors (Lipinski definition) is 7. The first-order valence-electron chi connectivity index (χ1n) is 5.53. The predicted octanol–water partition coefficient (Wildman–Crippen LogP) is 0.836. The van der Waals surface area contributed by atoms with E-state index in [1.54, 1.807) is 18.1 Å². The lowest BCUT2D eigenvalue weighted by Gasteiger charge is -2.06. The van der Waals surface area contributed by atoms with Crippen LogP contribution in [0.1, 0.15) is 0 Å². The summed E-state index contributed by atoms with van der Waals surface area (Å²) >= 11 is 0. The molecule has 0 bridgehead atoms. The van der Waals surface area contributed by atoms with Crippen LogP contribution in [0.25, 0.3) is 10.9 Å². The number of rotatable bonds is 3. The van der Waals surface area contributed by atoms with Crippen molar-refractivity contribution in [1.82, 2.24) is 24.7 Å². The van der Waals surface area contributed by atoms with Crippen molar-refractivity contribution in [3.05, 3.63) is 30.6 Å². The van der Waals surface area contributed by atoms with Crippen LogP contribution in [0.5, 0.6) is 11.9 Å². The number of benzene rings is 1. The molecule has 0 unspecified atom stereocenters. The second kappa shape index (κ2) is 4.50. The van der Waals surface area contributed by atoms with Crippen LogP contribution in [-0.2, 0) is 7.05 Å². The molecule has 0 aliphatic rings. The first-order valence-corrected chi connectivity index (χ1v) is 5.53. The molecule has 19 heavy (non-hydrogen) atoms. The Morgan fingerprint density at radius 3 is 2.84 bits per heavy atom. The molecule has 3 rings (SSSR count). The van der Waals surface area contributed by atoms with Gasteiger partial charge in [0.15, 0.2) is 0 Å². The van der Waals surface area contributed by atoms with Crippen LogP contribution in [0, 0.1) is 0 Å². The minimum absolute atomic E-state index is 0.217. The molecular formula is C11H11N7O. The summed E-state index contributed by atoms with van der Waals surface area (Å²) in [4.78, 5) is 12.4. The number of nitrogen functional groups attached to an aromatic ring is 1. The molecule has 0 atom stereocenters. The first-order chi connectivity index (χ1) is 9.26. The number of fused-ring (bicyclic) bond motifs is 1. The van der Waals surface area contributed by atoms with Gasteiger partial charge in [0.2, 0.25) is 11.8 Å². The number of nitrogens with one attached hydrogen (secondary N) is 1. The van der Waals surface area contributed by atoms with E-state index in [1.807, 2.05) is 24.3 Å². The number of aromatic nitrogens is 5. The molecule has 0 amide bonds. The average molecular weight is 257 g/mol. The minimum Gasteiger partial charge on any atom is -0.403 e. The summed E-state index contributed by atoms with van der Waals surface area (Å²) in [7, 11) is 1.75. The van der Waals surface area contributed by atoms with Crippen molar-refractivity contribution in [3.8, 4) is 11.9 Å². The standard InChI is InChI=1S/C11H11N7O/c1-18-6-13-11(17-18)19-9-7-4-2-3-5-8(7)14-10(15-9)16-12/h2-6H,12H2,1H3,(H,14,15,16). The number of hydrogen-bond donors (Lipinski definition) is 2. The third-order valence-electron chi connectivity index (χ3n) is 2.46. The van der Waals surface area contributed by atoms with Crippen molar-refractivity contribution in [2.75, 3.05) is 5.43 Å². The molecule has 2 heterocycles. The summed E-state index contributed by atoms with van der Waals surface area (Å²) < 4.78 is 7.11. The quantitative estimate of drug-likeness (QED) is 0.529. The van der Waals surface area contributed by atoms with Gasteiger partial charge in [0.1, 0.15) is 6.33 Å². The summed E-state index contributed by atoms with van der Waals surface area (Å²) in [6.45, 7) is 0. The Labute approximate surface area is 108 Å². The predicted molar refractivity (Wildman–Crippen MR) is 68.4 cm³/mol. The third kappa shape index (κ3) is 2.16. The average Bonchev–Trinajstić information content (AvgIpc) is 2.84. The van der Waals surface area contributed by atoms with E-state index in [0.29, 0.717) is 5.88 Å². The van der Waals surface area contributed by atoms with E-state index in [0.717, 1.165) is 10.9 Å². The molecule has 0 aliphatic carbocycles. The zero-order valence-corrected chi connectivity index (χ0v) is 10.1. The Morgan fingerprint density at radius 1 is 1.26 bits per heavy atom. The van der Waals surface area contributed by atoms with Gasteiger partial charge in [-0.3, -0.25) is 10.1 Å². The lowest BCUT2D eigenvalue weighted by molar-refractivity contribution is 0.428. The van der Waals surface area contributed by atoms with Crippen LogP contribution in [0.2, 0.25) is 0 Å². The van der Waals surface area contributed by atoms with Crippen LogP contribution in [0.15, 0.2) is 30.6 Å². The van der Waals surface area contributed by atoms with Crippen molar-refractivity contribution in [2.24, 2.45) is 12.9 Å². The largest absolute Gasteiger partial charge is 0.403 e. The second-order valence-corrected chi connectivity index (χ2v) is 3.82. The molecule has 0 saturated heterocycles. The summed E-state index contributed by atoms with van der Waals surface area (Å²) in [6, 6.07) is 7.66. The number of ether oxygens (including phenoxy) is 1. The maximum Gasteiger partial charge on any atom is 0.342 e. The topological polar surface area (TPSA) is 104 Å². The zero-order valence-electron chi connectivity index (χ0n) is 10.1. The summed E-state index contributed by atoms with van der Waals surface area (Å²) in [6.07, 6.45) is 1.54. The highest BCUT2D eigenvalue weighted by Gasteiger charge is 2.11. The fraction of sp³-hybridized carbons (Fsp3) is 0.0909. The van der Waals surface area contributed by atoms with Gasteiger partial charge >= 0.3 is 6.01 Å². The van der Waals surface area contributed by atoms with Gasteiger partial charge in [0, 0.05) is 7.05 Å². The van der Waals surface area contributed by atoms with E-state index in [-0.39, 0.29) is 12.0 Å². The van der Waals surface area contributed by atoms with Gasteiger partial charge in [-0.25, -0.2) is 10.8 Å². The molecule has 8 heteroatoms. The summed E-state index contributed by atoms with van der Waals surface area (Å²) in [5.41, 5.74) is 3.12. The smallest absolute Gasteiger partial charge is 0.342 e. The second-order valence-electron chi connectivity index (χ2n) is 3.82. The van der Waals surface area contributed by atoms with E-state index in [2.05, 4.69) is 25.5 Å². The lowest BCUT2D eigenvalue weighted by atomic mass is 10.2. The van der Waals surface area contributed by atoms with E-state index in [1.165, 1.54) is 0 Å². The van der Waals surface area contributed by atoms with Crippen LogP contribution in [0.3, 0.4) is 0 Å². The number of para-hydroxylation sites is 1. The highest BCUT2D eigenvalue weighted by molar-refractivity contribution is 5.84. The number of nitrogens with two attached hydrogens (primary N) is 1. The molecule has 3 N–H and O–H groups in total. The van der Waals surface area contributed by atoms with E-state index < -0.39 is 0 Å². The van der Waals surface area contributed by atoms with E-state index >= 15 is 0 Å². The number of anilines is 1. The number of hydrazine groups is 1. The third-order valence-corrected chi connectivity index (χ3v) is 2.46. The molecule has 0 saturated carbocycles. The minimum atomic E-state index is 0.217. The molecule has 1 aromatic carbocycles. The molecular weight excluding hydrogens is 246 g/mol. The molecule has 0 radical (unpaired) electrons. The number of aryl methyl sites for hydroxylation is 1. The van der Waals surface area contributed by atoms with Crippen LogP contribution >= 0.6 is 0 Å². The van der Waals surface area contributed by atoms with Crippen molar-refractivity contribution < 1.29 is 4.74 Å². The van der Waals surface area contributed by atoms with Gasteiger partial charge in [-0.05, 0) is 12.1 Å². The number of nitrogens with zero attached hydrogens (tertiary/aromatic N) is 5. The Balaban J connectivity index is 2.10. The summed E-state index contributed by atoms with van der Waals surface area (Å²) in [5.74, 6) is 5.96. The van der Waals surface area contributed by atoms with E-state index in [4.69, 9.17) is 10.6 Å². The Bertz CT molecular complexity index is 724. The van der Waals surface area contributed by atoms with Gasteiger partial charge in [-0.15, -0.1) is 5.10 Å². The SMILES string of the molecule is Cn1cnc(Oc2nc(NN)nc3ccccc23)n1. The summed E-state index contributed by atoms with van der Waals surface area (Å²) in [5, 5.41) is 4.80. The monoisotopic (exact) mass is 257 g/mol. The zero-order chi connectivity index (χ0) is 13.2. The van der Waals surface area contributed by atoms with E-state index in [9.17, 15) is 0 Å². The molecule has 96 valence electrons. The molecule has 0 aliphatic heterocycles. The Hall–Kier alpha value is -2.74. The van der Waals surface area contributed by atoms with Gasteiger partial charge in [0.05, 0.1) is 10.9 Å². The van der Waals surface area contributed by atoms with Crippen molar-refractivity contribution >= 4 is 16.9 Å². The molecule has 3 aromatic rings. The fourth-order valence-corrected chi connectivity index (χ4v) is 1.64. The van der Waals surface area contributed by atoms with Crippen molar-refractivity contribution in [2.45, 2.75) is 0 Å². The van der Waals surface area contributed by atoms with Crippen molar-refractivity contribution in [1.29, 1.82) is 0 Å². The van der Waals surface area contributed by atoms with Crippen LogP contribution in [-0.4, -0.2) is 24.7 Å². The van der Waals surface area contributed by atoms with Crippen LogP contribution in [0.4, 0.5) is 5.95 Å². The maximum absolute atomic E-state index is 5.57. The maximum atomic E-state index is 5.57.